The minimum atomic E-state index is -2.94. The molecule has 25 heavy (non-hydrogen) atoms. The summed E-state index contributed by atoms with van der Waals surface area (Å²) in [5.41, 5.74) is 0.474. The predicted molar refractivity (Wildman–Crippen MR) is 111 cm³/mol. The Kier molecular flexibility index (Phi) is 7.94. The fourth-order valence-corrected chi connectivity index (χ4v) is 4.83. The van der Waals surface area contributed by atoms with Gasteiger partial charge in [-0.15, -0.1) is 24.0 Å². The van der Waals surface area contributed by atoms with Gasteiger partial charge in [-0.25, -0.2) is 12.8 Å². The van der Waals surface area contributed by atoms with Crippen molar-refractivity contribution in [3.8, 4) is 0 Å². The minimum Gasteiger partial charge on any atom is -0.356 e. The normalized spacial score (nSPS) is 20.0. The van der Waals surface area contributed by atoms with Crippen LogP contribution in [0, 0.1) is 5.82 Å². The van der Waals surface area contributed by atoms with Gasteiger partial charge in [0.15, 0.2) is 15.8 Å². The van der Waals surface area contributed by atoms with E-state index in [9.17, 15) is 12.8 Å². The van der Waals surface area contributed by atoms with Crippen LogP contribution in [0.25, 0.3) is 0 Å². The van der Waals surface area contributed by atoms with E-state index in [2.05, 4.69) is 15.6 Å². The van der Waals surface area contributed by atoms with E-state index in [0.717, 1.165) is 5.56 Å². The van der Waals surface area contributed by atoms with E-state index in [1.54, 1.807) is 13.1 Å². The number of nitrogens with one attached hydrogen (secondary N) is 2. The van der Waals surface area contributed by atoms with Crippen LogP contribution in [0.15, 0.2) is 23.2 Å². The van der Waals surface area contributed by atoms with Crippen molar-refractivity contribution in [3.63, 3.8) is 0 Å². The second-order valence-corrected chi connectivity index (χ2v) is 9.31. The monoisotopic (exact) mass is 503 g/mol. The van der Waals surface area contributed by atoms with Crippen LogP contribution in [-0.2, 0) is 15.3 Å². The summed E-state index contributed by atoms with van der Waals surface area (Å²) >= 11 is 6.15. The molecule has 1 saturated heterocycles. The first kappa shape index (κ1) is 22.4. The first-order valence-corrected chi connectivity index (χ1v) is 9.96. The summed E-state index contributed by atoms with van der Waals surface area (Å²) in [6.07, 6.45) is 0.580. The molecule has 2 N–H and O–H groups in total. The molecule has 1 aliphatic heterocycles. The lowest BCUT2D eigenvalue weighted by molar-refractivity contribution is 0.503. The molecule has 0 aliphatic carbocycles. The second kappa shape index (κ2) is 8.85. The maximum Gasteiger partial charge on any atom is 0.191 e. The molecule has 0 spiro atoms. The van der Waals surface area contributed by atoms with Gasteiger partial charge < -0.3 is 10.6 Å². The van der Waals surface area contributed by atoms with Crippen molar-refractivity contribution in [2.24, 2.45) is 4.99 Å². The van der Waals surface area contributed by atoms with Gasteiger partial charge in [0.1, 0.15) is 5.82 Å². The van der Waals surface area contributed by atoms with Crippen molar-refractivity contribution >= 4 is 51.4 Å². The van der Waals surface area contributed by atoms with Gasteiger partial charge in [0.25, 0.3) is 0 Å². The molecule has 142 valence electrons. The number of sulfone groups is 1. The van der Waals surface area contributed by atoms with Crippen LogP contribution in [0.2, 0.25) is 5.02 Å². The smallest absolute Gasteiger partial charge is 0.191 e. The highest BCUT2D eigenvalue weighted by Gasteiger charge is 2.29. The molecule has 1 atom stereocenters. The Bertz CT molecular complexity index is 741. The van der Waals surface area contributed by atoms with Crippen LogP contribution in [0.3, 0.4) is 0 Å². The molecular formula is C16H24ClFIN3O2S. The quantitative estimate of drug-likeness (QED) is 0.377. The number of hydrogen-bond donors (Lipinski definition) is 2. The summed E-state index contributed by atoms with van der Waals surface area (Å²) in [4.78, 5) is 4.14. The van der Waals surface area contributed by atoms with Crippen molar-refractivity contribution in [2.75, 3.05) is 25.1 Å². The number of guanidine groups is 1. The zero-order chi connectivity index (χ0) is 18.0. The zero-order valence-corrected chi connectivity index (χ0v) is 18.4. The fraction of sp³-hybridized carbons (Fsp3) is 0.562. The first-order valence-electron chi connectivity index (χ1n) is 7.76. The number of aliphatic imine (C=N–C) groups is 1. The van der Waals surface area contributed by atoms with Gasteiger partial charge in [0.05, 0.1) is 11.5 Å². The van der Waals surface area contributed by atoms with Gasteiger partial charge in [-0.3, -0.25) is 4.99 Å². The van der Waals surface area contributed by atoms with Gasteiger partial charge >= 0.3 is 0 Å². The topological polar surface area (TPSA) is 70.6 Å². The summed E-state index contributed by atoms with van der Waals surface area (Å²) in [6, 6.07) is 4.24. The minimum absolute atomic E-state index is 0. The predicted octanol–water partition coefficient (Wildman–Crippen LogP) is 2.73. The summed E-state index contributed by atoms with van der Waals surface area (Å²) in [5.74, 6) is 0.509. The van der Waals surface area contributed by atoms with Crippen LogP contribution in [0.5, 0.6) is 0 Å². The van der Waals surface area contributed by atoms with E-state index in [0.29, 0.717) is 23.9 Å². The Morgan fingerprint density at radius 3 is 2.64 bits per heavy atom. The van der Waals surface area contributed by atoms with Crippen molar-refractivity contribution in [1.82, 2.24) is 10.6 Å². The Morgan fingerprint density at radius 2 is 2.12 bits per heavy atom. The SMILES string of the molecule is CN=C(NCC(C)(C)c1ccc(F)cc1Cl)NC1CCS(=O)(=O)C1.I. The summed E-state index contributed by atoms with van der Waals surface area (Å²) in [7, 11) is -1.31. The molecule has 1 aromatic carbocycles. The van der Waals surface area contributed by atoms with Gasteiger partial charge in [0.2, 0.25) is 0 Å². The molecule has 1 heterocycles. The number of hydrogen-bond acceptors (Lipinski definition) is 3. The third-order valence-corrected chi connectivity index (χ3v) is 6.24. The molecule has 1 fully saturated rings. The Morgan fingerprint density at radius 1 is 1.44 bits per heavy atom. The molecule has 0 saturated carbocycles. The molecule has 1 aromatic rings. The van der Waals surface area contributed by atoms with Crippen LogP contribution >= 0.6 is 35.6 Å². The third-order valence-electron chi connectivity index (χ3n) is 4.15. The van der Waals surface area contributed by atoms with E-state index in [4.69, 9.17) is 11.6 Å². The second-order valence-electron chi connectivity index (χ2n) is 6.68. The molecule has 0 bridgehead atoms. The highest BCUT2D eigenvalue weighted by Crippen LogP contribution is 2.29. The standard InChI is InChI=1S/C16H23ClFN3O2S.HI/c1-16(2,13-5-4-11(18)8-14(13)17)10-20-15(19-3)21-12-6-7-24(22,23)9-12;/h4-5,8,12H,6-7,9-10H2,1-3H3,(H2,19,20,21);1H. The number of halogens is 3. The molecule has 1 unspecified atom stereocenters. The largest absolute Gasteiger partial charge is 0.356 e. The summed E-state index contributed by atoms with van der Waals surface area (Å²) in [6.45, 7) is 4.50. The van der Waals surface area contributed by atoms with Gasteiger partial charge in [0, 0.05) is 30.1 Å². The molecule has 5 nitrogen and oxygen atoms in total. The number of nitrogens with zero attached hydrogens (tertiary/aromatic N) is 1. The number of rotatable bonds is 4. The average molecular weight is 504 g/mol. The number of benzene rings is 1. The van der Waals surface area contributed by atoms with E-state index in [1.165, 1.54) is 12.1 Å². The van der Waals surface area contributed by atoms with Crippen molar-refractivity contribution in [1.29, 1.82) is 0 Å². The van der Waals surface area contributed by atoms with Crippen LogP contribution in [-0.4, -0.2) is 45.5 Å². The lowest BCUT2D eigenvalue weighted by atomic mass is 9.84. The van der Waals surface area contributed by atoms with Crippen molar-refractivity contribution in [3.05, 3.63) is 34.6 Å². The van der Waals surface area contributed by atoms with Gasteiger partial charge in [-0.2, -0.15) is 0 Å². The van der Waals surface area contributed by atoms with Crippen LogP contribution < -0.4 is 10.6 Å². The lowest BCUT2D eigenvalue weighted by Gasteiger charge is -2.28. The highest BCUT2D eigenvalue weighted by molar-refractivity contribution is 14.0. The fourth-order valence-electron chi connectivity index (χ4n) is 2.74. The van der Waals surface area contributed by atoms with Gasteiger partial charge in [-0.1, -0.05) is 31.5 Å². The molecule has 9 heteroatoms. The molecule has 2 rings (SSSR count). The zero-order valence-electron chi connectivity index (χ0n) is 14.5. The first-order chi connectivity index (χ1) is 11.1. The van der Waals surface area contributed by atoms with Gasteiger partial charge in [-0.05, 0) is 24.1 Å². The average Bonchev–Trinajstić information content (AvgIpc) is 2.82. The molecule has 0 radical (unpaired) electrons. The van der Waals surface area contributed by atoms with Crippen molar-refractivity contribution < 1.29 is 12.8 Å². The molecule has 0 amide bonds. The Labute approximate surface area is 170 Å². The summed E-state index contributed by atoms with van der Waals surface area (Å²) < 4.78 is 36.3. The molecular weight excluding hydrogens is 480 g/mol. The lowest BCUT2D eigenvalue weighted by Crippen LogP contribution is -2.47. The third kappa shape index (κ3) is 6.25. The van der Waals surface area contributed by atoms with Crippen LogP contribution in [0.4, 0.5) is 4.39 Å². The van der Waals surface area contributed by atoms with Crippen LogP contribution in [0.1, 0.15) is 25.8 Å². The molecule has 1 aliphatic rings. The van der Waals surface area contributed by atoms with E-state index >= 15 is 0 Å². The van der Waals surface area contributed by atoms with E-state index in [1.807, 2.05) is 13.8 Å². The Balaban J connectivity index is 0.00000312. The molecule has 0 aromatic heterocycles. The Hall–Kier alpha value is -0.610. The highest BCUT2D eigenvalue weighted by atomic mass is 127. The van der Waals surface area contributed by atoms with Crippen molar-refractivity contribution in [2.45, 2.75) is 31.7 Å². The van der Waals surface area contributed by atoms with E-state index < -0.39 is 9.84 Å². The maximum absolute atomic E-state index is 13.2. The summed E-state index contributed by atoms with van der Waals surface area (Å²) in [5, 5.41) is 6.71. The van der Waals surface area contributed by atoms with E-state index in [-0.39, 0.29) is 52.8 Å². The maximum atomic E-state index is 13.2.